The SMILES string of the molecule is COC(=O)c1coc(C(=O)N2CCCc3c(F)ccc(F)c32)c1. The average molecular weight is 321 g/mol. The first-order chi connectivity index (χ1) is 11.0. The molecule has 0 radical (unpaired) electrons. The van der Waals surface area contributed by atoms with Crippen LogP contribution in [0.25, 0.3) is 0 Å². The number of carbonyl (C=O) groups excluding carboxylic acids is 2. The van der Waals surface area contributed by atoms with Crippen LogP contribution in [0.5, 0.6) is 0 Å². The van der Waals surface area contributed by atoms with Gasteiger partial charge in [-0.3, -0.25) is 4.79 Å². The molecule has 2 aromatic rings. The number of furan rings is 1. The molecule has 0 fully saturated rings. The third-order valence-corrected chi connectivity index (χ3v) is 3.73. The van der Waals surface area contributed by atoms with E-state index in [9.17, 15) is 18.4 Å². The fourth-order valence-corrected chi connectivity index (χ4v) is 2.65. The molecule has 0 N–H and O–H groups in total. The standard InChI is InChI=1S/C16H13F2NO4/c1-22-16(21)9-7-13(23-8-9)15(20)19-6-2-3-10-11(17)4-5-12(18)14(10)19/h4-5,7-8H,2-3,6H2,1H3. The van der Waals surface area contributed by atoms with Gasteiger partial charge in [-0.1, -0.05) is 0 Å². The molecule has 1 aliphatic heterocycles. The molecule has 0 unspecified atom stereocenters. The van der Waals surface area contributed by atoms with Crippen LogP contribution >= 0.6 is 0 Å². The number of benzene rings is 1. The number of carbonyl (C=O) groups is 2. The molecule has 0 saturated heterocycles. The molecule has 0 saturated carbocycles. The van der Waals surface area contributed by atoms with Crippen molar-refractivity contribution in [2.24, 2.45) is 0 Å². The van der Waals surface area contributed by atoms with E-state index in [0.29, 0.717) is 12.8 Å². The first-order valence-corrected chi connectivity index (χ1v) is 6.98. The summed E-state index contributed by atoms with van der Waals surface area (Å²) in [6, 6.07) is 3.26. The van der Waals surface area contributed by atoms with E-state index in [1.807, 2.05) is 0 Å². The van der Waals surface area contributed by atoms with Crippen LogP contribution in [0.15, 0.2) is 28.9 Å². The highest BCUT2D eigenvalue weighted by Gasteiger charge is 2.30. The smallest absolute Gasteiger partial charge is 0.341 e. The Morgan fingerprint density at radius 2 is 2.00 bits per heavy atom. The second-order valence-electron chi connectivity index (χ2n) is 5.11. The molecule has 5 nitrogen and oxygen atoms in total. The fraction of sp³-hybridized carbons (Fsp3) is 0.250. The van der Waals surface area contributed by atoms with Gasteiger partial charge in [-0.15, -0.1) is 0 Å². The fourth-order valence-electron chi connectivity index (χ4n) is 2.65. The van der Waals surface area contributed by atoms with Gasteiger partial charge in [0.1, 0.15) is 17.9 Å². The van der Waals surface area contributed by atoms with Gasteiger partial charge in [-0.25, -0.2) is 13.6 Å². The minimum absolute atomic E-state index is 0.0720. The molecule has 1 aliphatic rings. The van der Waals surface area contributed by atoms with Crippen molar-refractivity contribution in [2.75, 3.05) is 18.6 Å². The zero-order valence-electron chi connectivity index (χ0n) is 12.3. The van der Waals surface area contributed by atoms with Crippen LogP contribution in [0.4, 0.5) is 14.5 Å². The summed E-state index contributed by atoms with van der Waals surface area (Å²) in [6.45, 7) is 0.237. The maximum absolute atomic E-state index is 14.1. The topological polar surface area (TPSA) is 59.8 Å². The summed E-state index contributed by atoms with van der Waals surface area (Å²) in [5, 5.41) is 0. The Bertz CT molecular complexity index is 784. The Balaban J connectivity index is 1.98. The van der Waals surface area contributed by atoms with Crippen LogP contribution in [0.2, 0.25) is 0 Å². The number of ether oxygens (including phenoxy) is 1. The second kappa shape index (κ2) is 5.83. The van der Waals surface area contributed by atoms with E-state index >= 15 is 0 Å². The normalized spacial score (nSPS) is 13.6. The summed E-state index contributed by atoms with van der Waals surface area (Å²) in [5.74, 6) is -2.64. The number of halogens is 2. The first-order valence-electron chi connectivity index (χ1n) is 6.98. The summed E-state index contributed by atoms with van der Waals surface area (Å²) < 4.78 is 37.6. The molecule has 0 spiro atoms. The largest absolute Gasteiger partial charge is 0.465 e. The van der Waals surface area contributed by atoms with Crippen LogP contribution in [0, 0.1) is 11.6 Å². The molecule has 120 valence electrons. The van der Waals surface area contributed by atoms with Crippen molar-refractivity contribution in [3.8, 4) is 0 Å². The van der Waals surface area contributed by atoms with Gasteiger partial charge in [0.15, 0.2) is 5.76 Å². The van der Waals surface area contributed by atoms with Gasteiger partial charge in [-0.05, 0) is 25.0 Å². The van der Waals surface area contributed by atoms with Crippen molar-refractivity contribution in [3.05, 3.63) is 53.0 Å². The summed E-state index contributed by atoms with van der Waals surface area (Å²) in [5.41, 5.74) is 0.175. The molecule has 1 aromatic carbocycles. The first kappa shape index (κ1) is 15.2. The zero-order chi connectivity index (χ0) is 16.6. The molecule has 1 aromatic heterocycles. The number of fused-ring (bicyclic) bond motifs is 1. The van der Waals surface area contributed by atoms with Crippen molar-refractivity contribution < 1.29 is 27.5 Å². The summed E-state index contributed by atoms with van der Waals surface area (Å²) in [6.07, 6.45) is 1.95. The van der Waals surface area contributed by atoms with Crippen molar-refractivity contribution in [3.63, 3.8) is 0 Å². The highest BCUT2D eigenvalue weighted by molar-refractivity contribution is 6.06. The predicted octanol–water partition coefficient (Wildman–Crippen LogP) is 2.94. The number of rotatable bonds is 2. The van der Waals surface area contributed by atoms with E-state index < -0.39 is 23.5 Å². The van der Waals surface area contributed by atoms with Gasteiger partial charge in [-0.2, -0.15) is 0 Å². The van der Waals surface area contributed by atoms with Gasteiger partial charge < -0.3 is 14.1 Å². The number of esters is 1. The number of amides is 1. The number of methoxy groups -OCH3 is 1. The monoisotopic (exact) mass is 321 g/mol. The lowest BCUT2D eigenvalue weighted by Gasteiger charge is -2.29. The van der Waals surface area contributed by atoms with Crippen molar-refractivity contribution >= 4 is 17.6 Å². The Hall–Kier alpha value is -2.70. The molecule has 7 heteroatoms. The maximum atomic E-state index is 14.1. The molecule has 23 heavy (non-hydrogen) atoms. The summed E-state index contributed by atoms with van der Waals surface area (Å²) in [7, 11) is 1.20. The molecular weight excluding hydrogens is 308 g/mol. The number of hydrogen-bond acceptors (Lipinski definition) is 4. The summed E-state index contributed by atoms with van der Waals surface area (Å²) >= 11 is 0. The van der Waals surface area contributed by atoms with Crippen LogP contribution in [-0.2, 0) is 11.2 Å². The maximum Gasteiger partial charge on any atom is 0.341 e. The van der Waals surface area contributed by atoms with E-state index in [4.69, 9.17) is 4.42 Å². The van der Waals surface area contributed by atoms with Crippen molar-refractivity contribution in [1.29, 1.82) is 0 Å². The van der Waals surface area contributed by atoms with E-state index in [-0.39, 0.29) is 29.1 Å². The molecule has 0 bridgehead atoms. The Morgan fingerprint density at radius 3 is 2.74 bits per heavy atom. The van der Waals surface area contributed by atoms with E-state index in [1.54, 1.807) is 0 Å². The average Bonchev–Trinajstić information content (AvgIpc) is 3.06. The van der Waals surface area contributed by atoms with E-state index in [2.05, 4.69) is 4.74 Å². The minimum Gasteiger partial charge on any atom is -0.465 e. The number of anilines is 1. The zero-order valence-corrected chi connectivity index (χ0v) is 12.3. The lowest BCUT2D eigenvalue weighted by atomic mass is 10.0. The van der Waals surface area contributed by atoms with Crippen LogP contribution in [-0.4, -0.2) is 25.5 Å². The van der Waals surface area contributed by atoms with Crippen LogP contribution < -0.4 is 4.90 Å². The highest BCUT2D eigenvalue weighted by Crippen LogP contribution is 2.33. The molecule has 3 rings (SSSR count). The van der Waals surface area contributed by atoms with Gasteiger partial charge in [0.05, 0.1) is 18.4 Å². The third kappa shape index (κ3) is 2.58. The van der Waals surface area contributed by atoms with Crippen molar-refractivity contribution in [1.82, 2.24) is 0 Å². The Labute approximate surface area is 130 Å². The van der Waals surface area contributed by atoms with E-state index in [1.165, 1.54) is 13.2 Å². The lowest BCUT2D eigenvalue weighted by Crippen LogP contribution is -2.36. The molecule has 1 amide bonds. The van der Waals surface area contributed by atoms with Gasteiger partial charge in [0, 0.05) is 18.2 Å². The Morgan fingerprint density at radius 1 is 1.26 bits per heavy atom. The molecular formula is C16H13F2NO4. The molecule has 2 heterocycles. The minimum atomic E-state index is -0.672. The Kier molecular flexibility index (Phi) is 3.85. The lowest BCUT2D eigenvalue weighted by molar-refractivity contribution is 0.0600. The quantitative estimate of drug-likeness (QED) is 0.798. The van der Waals surface area contributed by atoms with Gasteiger partial charge in [0.25, 0.3) is 5.91 Å². The van der Waals surface area contributed by atoms with Gasteiger partial charge in [0.2, 0.25) is 0 Å². The predicted molar refractivity (Wildman–Crippen MR) is 76.4 cm³/mol. The molecule has 0 atom stereocenters. The third-order valence-electron chi connectivity index (χ3n) is 3.73. The summed E-state index contributed by atoms with van der Waals surface area (Å²) in [4.78, 5) is 25.1. The van der Waals surface area contributed by atoms with Crippen LogP contribution in [0.3, 0.4) is 0 Å². The highest BCUT2D eigenvalue weighted by atomic mass is 19.1. The molecule has 0 aliphatic carbocycles. The van der Waals surface area contributed by atoms with Gasteiger partial charge >= 0.3 is 5.97 Å². The number of nitrogens with zero attached hydrogens (tertiary/aromatic N) is 1. The van der Waals surface area contributed by atoms with Crippen LogP contribution in [0.1, 0.15) is 32.9 Å². The van der Waals surface area contributed by atoms with E-state index in [0.717, 1.165) is 23.3 Å². The van der Waals surface area contributed by atoms with Crippen molar-refractivity contribution in [2.45, 2.75) is 12.8 Å². The number of hydrogen-bond donors (Lipinski definition) is 0. The second-order valence-corrected chi connectivity index (χ2v) is 5.11.